The predicted octanol–water partition coefficient (Wildman–Crippen LogP) is 1.95. The van der Waals surface area contributed by atoms with Crippen LogP contribution in [0.25, 0.3) is 0 Å². The first kappa shape index (κ1) is 12.5. The summed E-state index contributed by atoms with van der Waals surface area (Å²) in [6, 6.07) is 5.78. The van der Waals surface area contributed by atoms with E-state index in [1.165, 1.54) is 0 Å². The molecule has 0 aliphatic carbocycles. The smallest absolute Gasteiger partial charge is 0.231 e. The second-order valence-electron chi connectivity index (χ2n) is 3.98. The third-order valence-electron chi connectivity index (χ3n) is 2.72. The summed E-state index contributed by atoms with van der Waals surface area (Å²) in [5, 5.41) is 8.43. The number of nitriles is 1. The normalized spacial score (nSPS) is 12.2. The first-order valence-electron chi connectivity index (χ1n) is 5.97. The standard InChI is InChI=1S/C13H16N2O3/c14-4-2-1-3-5-16-11-7-13-12(17-9-18-13)6-10(11)8-15/h6-7H,1-3,5,8-9,15H2. The molecular weight excluding hydrogens is 232 g/mol. The van der Waals surface area contributed by atoms with Gasteiger partial charge in [0.25, 0.3) is 0 Å². The molecule has 0 atom stereocenters. The minimum atomic E-state index is 0.241. The molecule has 0 radical (unpaired) electrons. The summed E-state index contributed by atoms with van der Waals surface area (Å²) in [7, 11) is 0. The number of fused-ring (bicyclic) bond motifs is 1. The van der Waals surface area contributed by atoms with Crippen molar-refractivity contribution in [3.05, 3.63) is 17.7 Å². The highest BCUT2D eigenvalue weighted by molar-refractivity contribution is 5.51. The van der Waals surface area contributed by atoms with E-state index in [9.17, 15) is 0 Å². The molecule has 0 spiro atoms. The Kier molecular flexibility index (Phi) is 4.26. The second kappa shape index (κ2) is 6.12. The number of ether oxygens (including phenoxy) is 3. The van der Waals surface area contributed by atoms with Gasteiger partial charge in [0.15, 0.2) is 11.5 Å². The van der Waals surface area contributed by atoms with Gasteiger partial charge in [0, 0.05) is 24.6 Å². The minimum absolute atomic E-state index is 0.241. The van der Waals surface area contributed by atoms with Crippen molar-refractivity contribution in [1.29, 1.82) is 5.26 Å². The van der Waals surface area contributed by atoms with Crippen LogP contribution in [0.4, 0.5) is 0 Å². The average Bonchev–Trinajstić information content (AvgIpc) is 2.84. The van der Waals surface area contributed by atoms with E-state index in [1.54, 1.807) is 0 Å². The van der Waals surface area contributed by atoms with Gasteiger partial charge in [0.05, 0.1) is 12.7 Å². The Balaban J connectivity index is 1.97. The van der Waals surface area contributed by atoms with Gasteiger partial charge in [-0.1, -0.05) is 0 Å². The maximum Gasteiger partial charge on any atom is 0.231 e. The van der Waals surface area contributed by atoms with E-state index in [1.807, 2.05) is 12.1 Å². The Morgan fingerprint density at radius 2 is 2.06 bits per heavy atom. The maximum absolute atomic E-state index is 8.43. The lowest BCUT2D eigenvalue weighted by molar-refractivity contribution is 0.173. The monoisotopic (exact) mass is 248 g/mol. The molecule has 2 N–H and O–H groups in total. The first-order valence-corrected chi connectivity index (χ1v) is 5.97. The number of unbranched alkanes of at least 4 members (excludes halogenated alkanes) is 2. The second-order valence-corrected chi connectivity index (χ2v) is 3.98. The Morgan fingerprint density at radius 3 is 2.78 bits per heavy atom. The third kappa shape index (κ3) is 2.84. The summed E-state index contributed by atoms with van der Waals surface area (Å²) in [4.78, 5) is 0. The molecule has 0 saturated carbocycles. The highest BCUT2D eigenvalue weighted by atomic mass is 16.7. The number of benzene rings is 1. The molecule has 1 aromatic carbocycles. The average molecular weight is 248 g/mol. The molecule has 2 rings (SSSR count). The molecule has 0 unspecified atom stereocenters. The molecule has 1 aliphatic rings. The quantitative estimate of drug-likeness (QED) is 0.778. The lowest BCUT2D eigenvalue weighted by atomic mass is 10.1. The lowest BCUT2D eigenvalue weighted by Gasteiger charge is -2.11. The zero-order chi connectivity index (χ0) is 12.8. The zero-order valence-electron chi connectivity index (χ0n) is 10.1. The Labute approximate surface area is 106 Å². The van der Waals surface area contributed by atoms with Crippen LogP contribution in [0.3, 0.4) is 0 Å². The Morgan fingerprint density at radius 1 is 1.28 bits per heavy atom. The van der Waals surface area contributed by atoms with Crippen molar-refractivity contribution >= 4 is 0 Å². The molecule has 0 aromatic heterocycles. The number of rotatable bonds is 6. The molecule has 5 heteroatoms. The molecule has 1 aromatic rings. The van der Waals surface area contributed by atoms with Crippen LogP contribution in [-0.4, -0.2) is 13.4 Å². The SMILES string of the molecule is N#CCCCCOc1cc2c(cc1CN)OCO2. The van der Waals surface area contributed by atoms with Crippen molar-refractivity contribution in [1.82, 2.24) is 0 Å². The van der Waals surface area contributed by atoms with Gasteiger partial charge in [0.1, 0.15) is 5.75 Å². The van der Waals surface area contributed by atoms with E-state index in [0.717, 1.165) is 24.2 Å². The van der Waals surface area contributed by atoms with E-state index in [0.29, 0.717) is 31.1 Å². The van der Waals surface area contributed by atoms with Crippen LogP contribution >= 0.6 is 0 Å². The summed E-state index contributed by atoms with van der Waals surface area (Å²) < 4.78 is 16.3. The van der Waals surface area contributed by atoms with E-state index >= 15 is 0 Å². The lowest BCUT2D eigenvalue weighted by Crippen LogP contribution is -2.04. The van der Waals surface area contributed by atoms with Gasteiger partial charge in [-0.15, -0.1) is 0 Å². The molecule has 5 nitrogen and oxygen atoms in total. The van der Waals surface area contributed by atoms with Crippen LogP contribution in [0.2, 0.25) is 0 Å². The van der Waals surface area contributed by atoms with Gasteiger partial charge in [-0.2, -0.15) is 5.26 Å². The molecule has 0 saturated heterocycles. The fourth-order valence-corrected chi connectivity index (χ4v) is 1.75. The summed E-state index contributed by atoms with van der Waals surface area (Å²) in [5.74, 6) is 2.14. The van der Waals surface area contributed by atoms with E-state index in [-0.39, 0.29) is 6.79 Å². The Hall–Kier alpha value is -1.93. The van der Waals surface area contributed by atoms with Gasteiger partial charge >= 0.3 is 0 Å². The topological polar surface area (TPSA) is 77.5 Å². The van der Waals surface area contributed by atoms with Gasteiger partial charge < -0.3 is 19.9 Å². The fraction of sp³-hybridized carbons (Fsp3) is 0.462. The summed E-state index contributed by atoms with van der Waals surface area (Å²) in [6.45, 7) is 1.21. The maximum atomic E-state index is 8.43. The van der Waals surface area contributed by atoms with Crippen LogP contribution in [0.5, 0.6) is 17.2 Å². The summed E-state index contributed by atoms with van der Waals surface area (Å²) >= 11 is 0. The van der Waals surface area contributed by atoms with Crippen molar-refractivity contribution < 1.29 is 14.2 Å². The van der Waals surface area contributed by atoms with E-state index in [2.05, 4.69) is 6.07 Å². The highest BCUT2D eigenvalue weighted by Gasteiger charge is 2.17. The van der Waals surface area contributed by atoms with E-state index in [4.69, 9.17) is 25.2 Å². The van der Waals surface area contributed by atoms with E-state index < -0.39 is 0 Å². The van der Waals surface area contributed by atoms with Crippen LogP contribution in [0, 0.1) is 11.3 Å². The number of hydrogen-bond acceptors (Lipinski definition) is 5. The van der Waals surface area contributed by atoms with Crippen LogP contribution < -0.4 is 19.9 Å². The zero-order valence-corrected chi connectivity index (χ0v) is 10.1. The molecule has 1 heterocycles. The van der Waals surface area contributed by atoms with Crippen molar-refractivity contribution in [2.45, 2.75) is 25.8 Å². The van der Waals surface area contributed by atoms with Gasteiger partial charge in [-0.25, -0.2) is 0 Å². The Bertz CT molecular complexity index is 454. The van der Waals surface area contributed by atoms with Crippen molar-refractivity contribution in [3.8, 4) is 23.3 Å². The van der Waals surface area contributed by atoms with Crippen molar-refractivity contribution in [2.24, 2.45) is 5.73 Å². The number of nitrogens with zero attached hydrogens (tertiary/aromatic N) is 1. The van der Waals surface area contributed by atoms with Gasteiger partial charge in [-0.3, -0.25) is 0 Å². The van der Waals surface area contributed by atoms with Crippen LogP contribution in [0.1, 0.15) is 24.8 Å². The van der Waals surface area contributed by atoms with Gasteiger partial charge in [0.2, 0.25) is 6.79 Å². The third-order valence-corrected chi connectivity index (χ3v) is 2.72. The minimum Gasteiger partial charge on any atom is -0.493 e. The first-order chi connectivity index (χ1) is 8.85. The molecule has 96 valence electrons. The van der Waals surface area contributed by atoms with Crippen LogP contribution in [0.15, 0.2) is 12.1 Å². The van der Waals surface area contributed by atoms with Crippen molar-refractivity contribution in [3.63, 3.8) is 0 Å². The fourth-order valence-electron chi connectivity index (χ4n) is 1.75. The summed E-state index contributed by atoms with van der Waals surface area (Å²) in [5.41, 5.74) is 6.58. The van der Waals surface area contributed by atoms with Gasteiger partial charge in [-0.05, 0) is 18.9 Å². The summed E-state index contributed by atoms with van der Waals surface area (Å²) in [6.07, 6.45) is 2.26. The molecule has 0 bridgehead atoms. The molecule has 18 heavy (non-hydrogen) atoms. The van der Waals surface area contributed by atoms with Crippen molar-refractivity contribution in [2.75, 3.05) is 13.4 Å². The predicted molar refractivity (Wildman–Crippen MR) is 65.4 cm³/mol. The van der Waals surface area contributed by atoms with Crippen LogP contribution in [-0.2, 0) is 6.54 Å². The number of hydrogen-bond donors (Lipinski definition) is 1. The number of nitrogens with two attached hydrogens (primary N) is 1. The molecular formula is C13H16N2O3. The molecule has 0 amide bonds. The molecule has 1 aliphatic heterocycles. The largest absolute Gasteiger partial charge is 0.493 e. The highest BCUT2D eigenvalue weighted by Crippen LogP contribution is 2.38. The molecule has 0 fully saturated rings.